The van der Waals surface area contributed by atoms with Gasteiger partial charge in [-0.3, -0.25) is 0 Å². The van der Waals surface area contributed by atoms with Crippen LogP contribution >= 0.6 is 0 Å². The molecule has 19 heavy (non-hydrogen) atoms. The highest BCUT2D eigenvalue weighted by Gasteiger charge is 2.14. The second-order valence-corrected chi connectivity index (χ2v) is 5.40. The van der Waals surface area contributed by atoms with Gasteiger partial charge in [-0.1, -0.05) is 12.1 Å². The van der Waals surface area contributed by atoms with Crippen LogP contribution in [0.25, 0.3) is 0 Å². The number of likely N-dealkylation sites (N-methyl/N-ethyl adjacent to an activating group) is 1. The summed E-state index contributed by atoms with van der Waals surface area (Å²) in [6, 6.07) is 8.99. The fourth-order valence-electron chi connectivity index (χ4n) is 2.30. The number of hydrogen-bond acceptors (Lipinski definition) is 3. The Hall–Kier alpha value is -1.06. The molecule has 2 rings (SSSR count). The van der Waals surface area contributed by atoms with Crippen LogP contribution in [0.3, 0.4) is 0 Å². The van der Waals surface area contributed by atoms with Crippen LogP contribution in [0.4, 0.5) is 0 Å². The molecule has 0 saturated carbocycles. The predicted octanol–water partition coefficient (Wildman–Crippen LogP) is 2.64. The molecular weight excluding hydrogens is 238 g/mol. The molecule has 1 heterocycles. The molecule has 1 aromatic rings. The summed E-state index contributed by atoms with van der Waals surface area (Å²) in [4.78, 5) is 0. The van der Waals surface area contributed by atoms with Gasteiger partial charge in [-0.2, -0.15) is 0 Å². The van der Waals surface area contributed by atoms with Crippen molar-refractivity contribution in [3.8, 4) is 5.75 Å². The molecule has 1 N–H and O–H groups in total. The average molecular weight is 263 g/mol. The summed E-state index contributed by atoms with van der Waals surface area (Å²) >= 11 is 0. The molecule has 0 aliphatic carbocycles. The number of benzene rings is 1. The van der Waals surface area contributed by atoms with Crippen LogP contribution in [0.15, 0.2) is 24.3 Å². The smallest absolute Gasteiger partial charge is 0.119 e. The molecule has 1 atom stereocenters. The van der Waals surface area contributed by atoms with Crippen LogP contribution in [0.5, 0.6) is 5.75 Å². The Morgan fingerprint density at radius 1 is 1.26 bits per heavy atom. The number of rotatable bonds is 6. The van der Waals surface area contributed by atoms with Gasteiger partial charge in [-0.25, -0.2) is 0 Å². The average Bonchev–Trinajstić information content (AvgIpc) is 2.47. The minimum Gasteiger partial charge on any atom is -0.493 e. The summed E-state index contributed by atoms with van der Waals surface area (Å²) < 4.78 is 11.2. The topological polar surface area (TPSA) is 30.5 Å². The molecule has 0 aromatic heterocycles. The van der Waals surface area contributed by atoms with Gasteiger partial charge >= 0.3 is 0 Å². The summed E-state index contributed by atoms with van der Waals surface area (Å²) in [5, 5.41) is 3.25. The van der Waals surface area contributed by atoms with Crippen molar-refractivity contribution in [1.82, 2.24) is 5.32 Å². The molecule has 1 unspecified atom stereocenters. The minimum atomic E-state index is 0.508. The van der Waals surface area contributed by atoms with Crippen molar-refractivity contribution in [3.63, 3.8) is 0 Å². The van der Waals surface area contributed by atoms with Crippen LogP contribution in [0.1, 0.15) is 25.3 Å². The molecule has 1 aliphatic rings. The Morgan fingerprint density at radius 3 is 2.58 bits per heavy atom. The quantitative estimate of drug-likeness (QED) is 0.856. The van der Waals surface area contributed by atoms with E-state index in [-0.39, 0.29) is 0 Å². The maximum absolute atomic E-state index is 5.86. The minimum absolute atomic E-state index is 0.508. The molecule has 0 amide bonds. The SMILES string of the molecule is CNC(C)Cc1ccc(OCC2CCOCC2)cc1. The van der Waals surface area contributed by atoms with E-state index in [9.17, 15) is 0 Å². The van der Waals surface area contributed by atoms with Crippen LogP contribution < -0.4 is 10.1 Å². The van der Waals surface area contributed by atoms with E-state index in [1.807, 2.05) is 7.05 Å². The van der Waals surface area contributed by atoms with Gasteiger partial charge in [0.15, 0.2) is 0 Å². The van der Waals surface area contributed by atoms with E-state index in [4.69, 9.17) is 9.47 Å². The van der Waals surface area contributed by atoms with Crippen LogP contribution in [-0.2, 0) is 11.2 Å². The molecular formula is C16H25NO2. The third kappa shape index (κ3) is 4.84. The van der Waals surface area contributed by atoms with E-state index in [1.54, 1.807) is 0 Å². The molecule has 1 aromatic carbocycles. The molecule has 3 heteroatoms. The van der Waals surface area contributed by atoms with Crippen molar-refractivity contribution in [3.05, 3.63) is 29.8 Å². The molecule has 1 saturated heterocycles. The van der Waals surface area contributed by atoms with Crippen LogP contribution in [-0.4, -0.2) is 32.9 Å². The van der Waals surface area contributed by atoms with Gasteiger partial charge in [0.2, 0.25) is 0 Å². The summed E-state index contributed by atoms with van der Waals surface area (Å²) in [7, 11) is 2.00. The van der Waals surface area contributed by atoms with E-state index >= 15 is 0 Å². The first kappa shape index (κ1) is 14.4. The zero-order chi connectivity index (χ0) is 13.5. The number of hydrogen-bond donors (Lipinski definition) is 1. The first-order chi connectivity index (χ1) is 9.28. The van der Waals surface area contributed by atoms with Crippen molar-refractivity contribution in [2.24, 2.45) is 5.92 Å². The van der Waals surface area contributed by atoms with E-state index in [2.05, 4.69) is 36.5 Å². The van der Waals surface area contributed by atoms with Crippen molar-refractivity contribution in [2.45, 2.75) is 32.2 Å². The first-order valence-corrected chi connectivity index (χ1v) is 7.24. The lowest BCUT2D eigenvalue weighted by Crippen LogP contribution is -2.23. The number of nitrogens with one attached hydrogen (secondary N) is 1. The van der Waals surface area contributed by atoms with Crippen molar-refractivity contribution in [2.75, 3.05) is 26.9 Å². The van der Waals surface area contributed by atoms with Crippen LogP contribution in [0.2, 0.25) is 0 Å². The van der Waals surface area contributed by atoms with E-state index < -0.39 is 0 Å². The van der Waals surface area contributed by atoms with E-state index in [0.717, 1.165) is 44.8 Å². The third-order valence-electron chi connectivity index (χ3n) is 3.78. The van der Waals surface area contributed by atoms with E-state index in [1.165, 1.54) is 5.56 Å². The third-order valence-corrected chi connectivity index (χ3v) is 3.78. The lowest BCUT2D eigenvalue weighted by atomic mass is 10.0. The first-order valence-electron chi connectivity index (χ1n) is 7.24. The fourth-order valence-corrected chi connectivity index (χ4v) is 2.30. The lowest BCUT2D eigenvalue weighted by Gasteiger charge is -2.22. The summed E-state index contributed by atoms with van der Waals surface area (Å²) in [5.74, 6) is 1.63. The number of ether oxygens (including phenoxy) is 2. The highest BCUT2D eigenvalue weighted by molar-refractivity contribution is 5.27. The Labute approximate surface area is 116 Å². The summed E-state index contributed by atoms with van der Waals surface area (Å²) in [6.07, 6.45) is 3.30. The second-order valence-electron chi connectivity index (χ2n) is 5.40. The zero-order valence-corrected chi connectivity index (χ0v) is 12.0. The monoisotopic (exact) mass is 263 g/mol. The maximum atomic E-state index is 5.86. The van der Waals surface area contributed by atoms with Gasteiger partial charge in [0.05, 0.1) is 6.61 Å². The molecule has 1 fully saturated rings. The van der Waals surface area contributed by atoms with Crippen molar-refractivity contribution in [1.29, 1.82) is 0 Å². The highest BCUT2D eigenvalue weighted by atomic mass is 16.5. The van der Waals surface area contributed by atoms with Crippen molar-refractivity contribution >= 4 is 0 Å². The van der Waals surface area contributed by atoms with Gasteiger partial charge in [0.1, 0.15) is 5.75 Å². The largest absolute Gasteiger partial charge is 0.493 e. The molecule has 1 aliphatic heterocycles. The highest BCUT2D eigenvalue weighted by Crippen LogP contribution is 2.18. The van der Waals surface area contributed by atoms with Gasteiger partial charge in [-0.05, 0) is 56.8 Å². The second kappa shape index (κ2) is 7.51. The normalized spacial score (nSPS) is 18.2. The van der Waals surface area contributed by atoms with Crippen molar-refractivity contribution < 1.29 is 9.47 Å². The molecule has 3 nitrogen and oxygen atoms in total. The lowest BCUT2D eigenvalue weighted by molar-refractivity contribution is 0.0497. The summed E-state index contributed by atoms with van der Waals surface area (Å²) in [5.41, 5.74) is 1.35. The van der Waals surface area contributed by atoms with E-state index in [0.29, 0.717) is 12.0 Å². The standard InChI is InChI=1S/C16H25NO2/c1-13(17-2)11-14-3-5-16(6-4-14)19-12-15-7-9-18-10-8-15/h3-6,13,15,17H,7-12H2,1-2H3. The predicted molar refractivity (Wildman–Crippen MR) is 77.7 cm³/mol. The molecule has 0 radical (unpaired) electrons. The zero-order valence-electron chi connectivity index (χ0n) is 12.0. The van der Waals surface area contributed by atoms with Gasteiger partial charge < -0.3 is 14.8 Å². The molecule has 0 spiro atoms. The van der Waals surface area contributed by atoms with Gasteiger partial charge in [-0.15, -0.1) is 0 Å². The summed E-state index contributed by atoms with van der Waals surface area (Å²) in [6.45, 7) is 4.77. The molecule has 106 valence electrons. The van der Waals surface area contributed by atoms with Crippen LogP contribution in [0, 0.1) is 5.92 Å². The fraction of sp³-hybridized carbons (Fsp3) is 0.625. The molecule has 0 bridgehead atoms. The Balaban J connectivity index is 1.77. The van der Waals surface area contributed by atoms with Gasteiger partial charge in [0, 0.05) is 19.3 Å². The Bertz CT molecular complexity index is 358. The Morgan fingerprint density at radius 2 is 1.95 bits per heavy atom. The van der Waals surface area contributed by atoms with Gasteiger partial charge in [0.25, 0.3) is 0 Å². The maximum Gasteiger partial charge on any atom is 0.119 e. The Kier molecular flexibility index (Phi) is 5.67.